The number of benzene rings is 2. The minimum Gasteiger partial charge on any atom is -0.383 e. The summed E-state index contributed by atoms with van der Waals surface area (Å²) in [4.78, 5) is 39.6. The Morgan fingerprint density at radius 1 is 1.16 bits per heavy atom. The molecule has 3 amide bonds. The van der Waals surface area contributed by atoms with E-state index in [1.54, 1.807) is 37.1 Å². The molecule has 1 aliphatic rings. The highest BCUT2D eigenvalue weighted by atomic mass is 16.5. The van der Waals surface area contributed by atoms with Crippen molar-refractivity contribution in [2.24, 2.45) is 5.92 Å². The Bertz CT molecular complexity index is 985. The first-order chi connectivity index (χ1) is 15.3. The number of carbonyl (C=O) groups is 3. The van der Waals surface area contributed by atoms with Gasteiger partial charge in [-0.15, -0.1) is 0 Å². The molecule has 1 atom stereocenters. The quantitative estimate of drug-likeness (QED) is 0.619. The summed E-state index contributed by atoms with van der Waals surface area (Å²) in [6, 6.07) is 13.1. The average molecular weight is 438 g/mol. The minimum atomic E-state index is -0.453. The van der Waals surface area contributed by atoms with Crippen LogP contribution in [0.5, 0.6) is 0 Å². The van der Waals surface area contributed by atoms with Crippen molar-refractivity contribution in [2.75, 3.05) is 37.0 Å². The fraction of sp³-hybridized carbons (Fsp3) is 0.400. The van der Waals surface area contributed by atoms with Crippen molar-refractivity contribution in [3.63, 3.8) is 0 Å². The van der Waals surface area contributed by atoms with Crippen LogP contribution in [0, 0.1) is 12.8 Å². The maximum Gasteiger partial charge on any atom is 0.251 e. The van der Waals surface area contributed by atoms with E-state index in [1.807, 2.05) is 24.3 Å². The molecular weight excluding hydrogens is 406 g/mol. The maximum atomic E-state index is 12.9. The third kappa shape index (κ3) is 5.34. The first-order valence-corrected chi connectivity index (χ1v) is 10.9. The number of hydrogen-bond acceptors (Lipinski definition) is 4. The average Bonchev–Trinajstić information content (AvgIpc) is 3.17. The molecule has 1 unspecified atom stereocenters. The predicted octanol–water partition coefficient (Wildman–Crippen LogP) is 3.49. The molecule has 2 aromatic carbocycles. The van der Waals surface area contributed by atoms with Crippen LogP contribution in [0.3, 0.4) is 0 Å². The Kier molecular flexibility index (Phi) is 7.64. The molecule has 0 aromatic heterocycles. The van der Waals surface area contributed by atoms with Gasteiger partial charge in [0.25, 0.3) is 5.91 Å². The van der Waals surface area contributed by atoms with Crippen LogP contribution >= 0.6 is 0 Å². The first-order valence-electron chi connectivity index (χ1n) is 10.9. The number of nitrogens with one attached hydrogen (secondary N) is 2. The van der Waals surface area contributed by atoms with E-state index in [4.69, 9.17) is 4.74 Å². The van der Waals surface area contributed by atoms with E-state index in [0.29, 0.717) is 42.4 Å². The fourth-order valence-electron chi connectivity index (χ4n) is 3.79. The van der Waals surface area contributed by atoms with Gasteiger partial charge in [0, 0.05) is 43.6 Å². The molecule has 1 fully saturated rings. The van der Waals surface area contributed by atoms with Crippen LogP contribution in [-0.2, 0) is 14.3 Å². The van der Waals surface area contributed by atoms with Crippen LogP contribution in [0.1, 0.15) is 47.7 Å². The second-order valence-electron chi connectivity index (χ2n) is 8.37. The van der Waals surface area contributed by atoms with E-state index in [2.05, 4.69) is 24.5 Å². The number of carbonyl (C=O) groups excluding carboxylic acids is 3. The van der Waals surface area contributed by atoms with Crippen LogP contribution < -0.4 is 15.5 Å². The van der Waals surface area contributed by atoms with Crippen molar-refractivity contribution in [2.45, 2.75) is 33.1 Å². The van der Waals surface area contributed by atoms with Crippen molar-refractivity contribution >= 4 is 29.1 Å². The topological polar surface area (TPSA) is 87.7 Å². The van der Waals surface area contributed by atoms with Gasteiger partial charge in [0.1, 0.15) is 0 Å². The smallest absolute Gasteiger partial charge is 0.251 e. The van der Waals surface area contributed by atoms with Crippen molar-refractivity contribution in [3.05, 3.63) is 59.2 Å². The Hall–Kier alpha value is -3.19. The number of methoxy groups -OCH3 is 1. The lowest BCUT2D eigenvalue weighted by molar-refractivity contribution is -0.122. The van der Waals surface area contributed by atoms with Gasteiger partial charge >= 0.3 is 0 Å². The minimum absolute atomic E-state index is 0.0644. The number of rotatable bonds is 8. The lowest BCUT2D eigenvalue weighted by atomic mass is 10.0. The molecule has 0 aliphatic carbocycles. The largest absolute Gasteiger partial charge is 0.383 e. The zero-order chi connectivity index (χ0) is 23.3. The number of hydrogen-bond donors (Lipinski definition) is 2. The molecule has 0 spiro atoms. The molecule has 1 saturated heterocycles. The highest BCUT2D eigenvalue weighted by Gasteiger charge is 2.35. The third-order valence-electron chi connectivity index (χ3n) is 5.80. The van der Waals surface area contributed by atoms with Gasteiger partial charge in [0.05, 0.1) is 12.5 Å². The molecule has 2 N–H and O–H groups in total. The van der Waals surface area contributed by atoms with E-state index in [1.165, 1.54) is 5.56 Å². The van der Waals surface area contributed by atoms with E-state index in [0.717, 1.165) is 5.69 Å². The van der Waals surface area contributed by atoms with Crippen LogP contribution in [0.4, 0.5) is 11.4 Å². The first kappa shape index (κ1) is 23.5. The van der Waals surface area contributed by atoms with Crippen LogP contribution in [0.15, 0.2) is 42.5 Å². The van der Waals surface area contributed by atoms with Crippen molar-refractivity contribution in [1.82, 2.24) is 5.32 Å². The number of ether oxygens (including phenoxy) is 1. The summed E-state index contributed by atoms with van der Waals surface area (Å²) in [7, 11) is 1.57. The molecule has 32 heavy (non-hydrogen) atoms. The molecule has 1 heterocycles. The monoisotopic (exact) mass is 437 g/mol. The van der Waals surface area contributed by atoms with Gasteiger partial charge in [-0.25, -0.2) is 0 Å². The molecule has 1 aliphatic heterocycles. The summed E-state index contributed by atoms with van der Waals surface area (Å²) in [5, 5.41) is 5.70. The molecule has 7 heteroatoms. The normalized spacial score (nSPS) is 15.8. The van der Waals surface area contributed by atoms with Gasteiger partial charge in [0.15, 0.2) is 0 Å². The third-order valence-corrected chi connectivity index (χ3v) is 5.80. The molecule has 2 aromatic rings. The van der Waals surface area contributed by atoms with Gasteiger partial charge in [-0.1, -0.05) is 32.0 Å². The molecule has 7 nitrogen and oxygen atoms in total. The van der Waals surface area contributed by atoms with Crippen LogP contribution in [0.2, 0.25) is 0 Å². The Balaban J connectivity index is 1.67. The summed E-state index contributed by atoms with van der Waals surface area (Å²) >= 11 is 0. The van der Waals surface area contributed by atoms with Crippen LogP contribution in [0.25, 0.3) is 0 Å². The van der Waals surface area contributed by atoms with Crippen LogP contribution in [-0.4, -0.2) is 44.5 Å². The van der Waals surface area contributed by atoms with Crippen molar-refractivity contribution < 1.29 is 19.1 Å². The summed E-state index contributed by atoms with van der Waals surface area (Å²) in [5.41, 5.74) is 3.76. The molecular formula is C25H31N3O4. The zero-order valence-electron chi connectivity index (χ0n) is 19.1. The van der Waals surface area contributed by atoms with Gasteiger partial charge in [0.2, 0.25) is 11.8 Å². The SMILES string of the molecule is COCCNC(=O)c1cccc(NC(=O)C2CC(=O)N(c3ccc(C(C)C)cc3)C2)c1C. The standard InChI is InChI=1S/C25H31N3O4/c1-16(2)18-8-10-20(11-9-18)28-15-19(14-23(28)29)24(30)27-22-7-5-6-21(17(22)3)25(31)26-12-13-32-4/h5-11,16,19H,12-15H2,1-4H3,(H,26,31)(H,27,30). The van der Waals surface area contributed by atoms with E-state index >= 15 is 0 Å². The Morgan fingerprint density at radius 3 is 2.53 bits per heavy atom. The maximum absolute atomic E-state index is 12.9. The summed E-state index contributed by atoms with van der Waals surface area (Å²) in [6.07, 6.45) is 0.161. The highest BCUT2D eigenvalue weighted by Crippen LogP contribution is 2.28. The number of amides is 3. The molecule has 3 rings (SSSR count). The van der Waals surface area contributed by atoms with Crippen molar-refractivity contribution in [1.29, 1.82) is 0 Å². The molecule has 0 bridgehead atoms. The highest BCUT2D eigenvalue weighted by molar-refractivity contribution is 6.04. The number of nitrogens with zero attached hydrogens (tertiary/aromatic N) is 1. The second kappa shape index (κ2) is 10.4. The second-order valence-corrected chi connectivity index (χ2v) is 8.37. The summed E-state index contributed by atoms with van der Waals surface area (Å²) in [6.45, 7) is 7.20. The lowest BCUT2D eigenvalue weighted by Crippen LogP contribution is -2.29. The Morgan fingerprint density at radius 2 is 1.88 bits per heavy atom. The predicted molar refractivity (Wildman–Crippen MR) is 125 cm³/mol. The van der Waals surface area contributed by atoms with Gasteiger partial charge in [-0.3, -0.25) is 14.4 Å². The fourth-order valence-corrected chi connectivity index (χ4v) is 3.79. The number of anilines is 2. The lowest BCUT2D eigenvalue weighted by Gasteiger charge is -2.18. The van der Waals surface area contributed by atoms with Gasteiger partial charge in [-0.2, -0.15) is 0 Å². The van der Waals surface area contributed by atoms with Crippen molar-refractivity contribution in [3.8, 4) is 0 Å². The zero-order valence-corrected chi connectivity index (χ0v) is 19.1. The van der Waals surface area contributed by atoms with Gasteiger partial charge < -0.3 is 20.3 Å². The molecule has 170 valence electrons. The molecule has 0 radical (unpaired) electrons. The van der Waals surface area contributed by atoms with E-state index in [9.17, 15) is 14.4 Å². The molecule has 0 saturated carbocycles. The van der Waals surface area contributed by atoms with Gasteiger partial charge in [-0.05, 0) is 48.2 Å². The summed E-state index contributed by atoms with van der Waals surface area (Å²) < 4.78 is 4.95. The van der Waals surface area contributed by atoms with E-state index < -0.39 is 5.92 Å². The summed E-state index contributed by atoms with van der Waals surface area (Å²) in [5.74, 6) is -0.545. The Labute approximate surface area is 189 Å². The van der Waals surface area contributed by atoms with E-state index in [-0.39, 0.29) is 24.1 Å².